The molecule has 112 valence electrons. The number of aromatic nitrogens is 1. The first-order chi connectivity index (χ1) is 10.5. The first-order valence-electron chi connectivity index (χ1n) is 6.59. The second-order valence-electron chi connectivity index (χ2n) is 4.92. The van der Waals surface area contributed by atoms with E-state index in [4.69, 9.17) is 23.2 Å². The van der Waals surface area contributed by atoms with Gasteiger partial charge < -0.3 is 0 Å². The number of thiazole rings is 1. The second-order valence-corrected chi connectivity index (χ2v) is 6.77. The third-order valence-electron chi connectivity index (χ3n) is 3.50. The van der Waals surface area contributed by atoms with Gasteiger partial charge in [-0.05, 0) is 43.2 Å². The summed E-state index contributed by atoms with van der Waals surface area (Å²) in [5.41, 5.74) is 3.46. The Morgan fingerprint density at radius 2 is 1.82 bits per heavy atom. The maximum Gasteiger partial charge on any atom is 0.260 e. The highest BCUT2D eigenvalue weighted by Gasteiger charge is 2.17. The molecule has 1 aromatic heterocycles. The van der Waals surface area contributed by atoms with Crippen molar-refractivity contribution in [3.8, 4) is 0 Å². The summed E-state index contributed by atoms with van der Waals surface area (Å²) in [6.45, 7) is 4.06. The summed E-state index contributed by atoms with van der Waals surface area (Å²) in [6.07, 6.45) is 0. The van der Waals surface area contributed by atoms with E-state index < -0.39 is 0 Å². The fourth-order valence-corrected chi connectivity index (χ4v) is 3.64. The zero-order chi connectivity index (χ0) is 15.9. The molecular weight excluding hydrogens is 339 g/mol. The lowest BCUT2D eigenvalue weighted by molar-refractivity contribution is 0.102. The predicted octanol–water partition coefficient (Wildman–Crippen LogP) is 5.47. The van der Waals surface area contributed by atoms with Crippen LogP contribution in [0.4, 0.5) is 5.13 Å². The summed E-state index contributed by atoms with van der Waals surface area (Å²) >= 11 is 13.5. The van der Waals surface area contributed by atoms with Crippen LogP contribution in [0.15, 0.2) is 30.3 Å². The van der Waals surface area contributed by atoms with E-state index in [1.165, 1.54) is 16.9 Å². The van der Waals surface area contributed by atoms with E-state index >= 15 is 0 Å². The molecule has 22 heavy (non-hydrogen) atoms. The summed E-state index contributed by atoms with van der Waals surface area (Å²) in [7, 11) is 0. The Labute approximate surface area is 141 Å². The maximum atomic E-state index is 12.4. The summed E-state index contributed by atoms with van der Waals surface area (Å²) in [5.74, 6) is -0.357. The van der Waals surface area contributed by atoms with E-state index in [2.05, 4.69) is 10.3 Å². The second kappa shape index (κ2) is 5.88. The SMILES string of the molecule is Cc1ccc2sc(NC(=O)c3c(Cl)cccc3Cl)nc2c1C. The smallest absolute Gasteiger partial charge is 0.260 e. The van der Waals surface area contributed by atoms with Gasteiger partial charge >= 0.3 is 0 Å². The number of halogens is 2. The lowest BCUT2D eigenvalue weighted by atomic mass is 10.1. The maximum absolute atomic E-state index is 12.4. The van der Waals surface area contributed by atoms with E-state index in [0.29, 0.717) is 15.2 Å². The van der Waals surface area contributed by atoms with Gasteiger partial charge in [0.2, 0.25) is 0 Å². The summed E-state index contributed by atoms with van der Waals surface area (Å²) in [4.78, 5) is 16.9. The number of nitrogens with one attached hydrogen (secondary N) is 1. The van der Waals surface area contributed by atoms with Crippen LogP contribution in [-0.2, 0) is 0 Å². The van der Waals surface area contributed by atoms with Gasteiger partial charge in [-0.1, -0.05) is 46.7 Å². The fourth-order valence-electron chi connectivity index (χ4n) is 2.15. The highest BCUT2D eigenvalue weighted by Crippen LogP contribution is 2.31. The Balaban J connectivity index is 1.96. The predicted molar refractivity (Wildman–Crippen MR) is 93.5 cm³/mol. The lowest BCUT2D eigenvalue weighted by Gasteiger charge is -2.05. The van der Waals surface area contributed by atoms with Crippen LogP contribution in [-0.4, -0.2) is 10.9 Å². The highest BCUT2D eigenvalue weighted by atomic mass is 35.5. The van der Waals surface area contributed by atoms with Crippen LogP contribution >= 0.6 is 34.5 Å². The minimum absolute atomic E-state index is 0.262. The zero-order valence-electron chi connectivity index (χ0n) is 11.9. The van der Waals surface area contributed by atoms with Gasteiger partial charge in [-0.3, -0.25) is 10.1 Å². The van der Waals surface area contributed by atoms with Gasteiger partial charge in [0.15, 0.2) is 5.13 Å². The largest absolute Gasteiger partial charge is 0.298 e. The van der Waals surface area contributed by atoms with Crippen molar-refractivity contribution >= 4 is 55.8 Å². The molecule has 0 saturated heterocycles. The Morgan fingerprint density at radius 3 is 2.50 bits per heavy atom. The van der Waals surface area contributed by atoms with Crippen LogP contribution in [0.1, 0.15) is 21.5 Å². The van der Waals surface area contributed by atoms with Crippen molar-refractivity contribution in [1.82, 2.24) is 4.98 Å². The van der Waals surface area contributed by atoms with Crippen molar-refractivity contribution in [2.24, 2.45) is 0 Å². The van der Waals surface area contributed by atoms with Gasteiger partial charge in [-0.25, -0.2) is 4.98 Å². The molecule has 0 saturated carbocycles. The number of anilines is 1. The molecule has 1 amide bonds. The number of fused-ring (bicyclic) bond motifs is 1. The van der Waals surface area contributed by atoms with Crippen molar-refractivity contribution in [3.63, 3.8) is 0 Å². The molecule has 0 aliphatic rings. The summed E-state index contributed by atoms with van der Waals surface area (Å²) in [6, 6.07) is 9.02. The molecule has 3 rings (SSSR count). The van der Waals surface area contributed by atoms with Crippen LogP contribution in [0.25, 0.3) is 10.2 Å². The number of benzene rings is 2. The highest BCUT2D eigenvalue weighted by molar-refractivity contribution is 7.22. The van der Waals surface area contributed by atoms with Gasteiger partial charge in [-0.15, -0.1) is 0 Å². The number of rotatable bonds is 2. The summed E-state index contributed by atoms with van der Waals surface area (Å²) < 4.78 is 1.03. The number of aryl methyl sites for hydroxylation is 2. The first-order valence-corrected chi connectivity index (χ1v) is 8.16. The van der Waals surface area contributed by atoms with Gasteiger partial charge in [0.1, 0.15) is 0 Å². The number of carbonyl (C=O) groups excluding carboxylic acids is 1. The molecule has 1 heterocycles. The molecule has 0 bridgehead atoms. The third kappa shape index (κ3) is 2.70. The normalized spacial score (nSPS) is 10.9. The van der Waals surface area contributed by atoms with Crippen LogP contribution < -0.4 is 5.32 Å². The Kier molecular flexibility index (Phi) is 4.08. The van der Waals surface area contributed by atoms with Crippen molar-refractivity contribution in [3.05, 3.63) is 57.1 Å². The molecule has 2 aromatic carbocycles. The lowest BCUT2D eigenvalue weighted by Crippen LogP contribution is -2.12. The van der Waals surface area contributed by atoms with Crippen molar-refractivity contribution < 1.29 is 4.79 Å². The molecule has 3 aromatic rings. The minimum atomic E-state index is -0.357. The average Bonchev–Trinajstić information content (AvgIpc) is 2.86. The molecule has 1 N–H and O–H groups in total. The monoisotopic (exact) mass is 350 g/mol. The van der Waals surface area contributed by atoms with E-state index in [-0.39, 0.29) is 11.5 Å². The van der Waals surface area contributed by atoms with Gasteiger partial charge in [0.25, 0.3) is 5.91 Å². The van der Waals surface area contributed by atoms with Crippen LogP contribution in [0, 0.1) is 13.8 Å². The molecule has 0 atom stereocenters. The fraction of sp³-hybridized carbons (Fsp3) is 0.125. The first kappa shape index (κ1) is 15.3. The number of carbonyl (C=O) groups is 1. The van der Waals surface area contributed by atoms with E-state index in [1.54, 1.807) is 18.2 Å². The Morgan fingerprint density at radius 1 is 1.14 bits per heavy atom. The molecule has 0 unspecified atom stereocenters. The van der Waals surface area contributed by atoms with Crippen molar-refractivity contribution in [2.75, 3.05) is 5.32 Å². The van der Waals surface area contributed by atoms with Gasteiger partial charge in [-0.2, -0.15) is 0 Å². The molecule has 0 aliphatic heterocycles. The summed E-state index contributed by atoms with van der Waals surface area (Å²) in [5, 5.41) is 3.94. The Bertz CT molecular complexity index is 869. The van der Waals surface area contributed by atoms with E-state index in [0.717, 1.165) is 15.8 Å². The van der Waals surface area contributed by atoms with E-state index in [9.17, 15) is 4.79 Å². The molecule has 3 nitrogen and oxygen atoms in total. The van der Waals surface area contributed by atoms with Crippen molar-refractivity contribution in [1.29, 1.82) is 0 Å². The van der Waals surface area contributed by atoms with E-state index in [1.807, 2.05) is 26.0 Å². The number of hydrogen-bond donors (Lipinski definition) is 1. The van der Waals surface area contributed by atoms with Gasteiger partial charge in [0, 0.05) is 0 Å². The molecule has 6 heteroatoms. The van der Waals surface area contributed by atoms with Gasteiger partial charge in [0.05, 0.1) is 25.8 Å². The molecule has 0 aliphatic carbocycles. The van der Waals surface area contributed by atoms with Crippen LogP contribution in [0.5, 0.6) is 0 Å². The topological polar surface area (TPSA) is 42.0 Å². The zero-order valence-corrected chi connectivity index (χ0v) is 14.2. The molecule has 0 spiro atoms. The third-order valence-corrected chi connectivity index (χ3v) is 5.06. The minimum Gasteiger partial charge on any atom is -0.298 e. The standard InChI is InChI=1S/C16H12Cl2N2OS/c1-8-6-7-12-14(9(8)2)19-16(22-12)20-15(21)13-10(17)4-3-5-11(13)18/h3-7H,1-2H3,(H,19,20,21). The quantitative estimate of drug-likeness (QED) is 0.665. The van der Waals surface area contributed by atoms with Crippen LogP contribution in [0.3, 0.4) is 0 Å². The molecular formula is C16H12Cl2N2OS. The average molecular weight is 351 g/mol. The van der Waals surface area contributed by atoms with Crippen molar-refractivity contribution in [2.45, 2.75) is 13.8 Å². The molecule has 0 fully saturated rings. The molecule has 0 radical (unpaired) electrons. The number of nitrogens with zero attached hydrogens (tertiary/aromatic N) is 1. The van der Waals surface area contributed by atoms with Crippen LogP contribution in [0.2, 0.25) is 10.0 Å². The number of hydrogen-bond acceptors (Lipinski definition) is 3. The number of amides is 1. The Hall–Kier alpha value is -1.62.